The van der Waals surface area contributed by atoms with Crippen molar-refractivity contribution in [3.63, 3.8) is 0 Å². The van der Waals surface area contributed by atoms with E-state index < -0.39 is 0 Å². The van der Waals surface area contributed by atoms with Gasteiger partial charge < -0.3 is 9.73 Å². The predicted octanol–water partition coefficient (Wildman–Crippen LogP) is 1.57. The van der Waals surface area contributed by atoms with Crippen molar-refractivity contribution in [2.45, 2.75) is 6.54 Å². The Hall–Kier alpha value is -2.96. The Balaban J connectivity index is 1.65. The van der Waals surface area contributed by atoms with E-state index in [1.54, 1.807) is 24.3 Å². The zero-order chi connectivity index (χ0) is 13.8. The van der Waals surface area contributed by atoms with E-state index in [4.69, 9.17) is 4.42 Å². The fourth-order valence-electron chi connectivity index (χ4n) is 1.67. The molecule has 0 saturated carbocycles. The molecule has 0 unspecified atom stereocenters. The largest absolute Gasteiger partial charge is 0.461 e. The highest BCUT2D eigenvalue weighted by Gasteiger charge is 2.10. The van der Waals surface area contributed by atoms with Crippen LogP contribution in [0.2, 0.25) is 0 Å². The Morgan fingerprint density at radius 3 is 2.80 bits per heavy atom. The lowest BCUT2D eigenvalue weighted by Gasteiger charge is -2.03. The Morgan fingerprint density at radius 2 is 2.05 bits per heavy atom. The van der Waals surface area contributed by atoms with Crippen molar-refractivity contribution in [2.75, 3.05) is 5.32 Å². The van der Waals surface area contributed by atoms with E-state index in [0.717, 1.165) is 5.69 Å². The topological polar surface area (TPSA) is 85.8 Å². The standard InChI is InChI=1S/C13H11N5O2/c19-12(14-10-5-2-1-3-6-10)9-18-16-13(15-17-18)11-7-4-8-20-11/h1-8H,9H2,(H,14,19). The number of hydrogen-bond donors (Lipinski definition) is 1. The minimum atomic E-state index is -0.223. The first-order chi connectivity index (χ1) is 9.81. The van der Waals surface area contributed by atoms with E-state index >= 15 is 0 Å². The molecule has 3 aromatic rings. The third-order valence-corrected chi connectivity index (χ3v) is 2.54. The van der Waals surface area contributed by atoms with Crippen LogP contribution in [0.3, 0.4) is 0 Å². The molecule has 3 rings (SSSR count). The Morgan fingerprint density at radius 1 is 1.20 bits per heavy atom. The highest BCUT2D eigenvalue weighted by Crippen LogP contribution is 2.12. The van der Waals surface area contributed by atoms with Crippen LogP contribution in [-0.2, 0) is 11.3 Å². The van der Waals surface area contributed by atoms with Crippen molar-refractivity contribution in [3.05, 3.63) is 48.7 Å². The van der Waals surface area contributed by atoms with Gasteiger partial charge in [0.05, 0.1) is 6.26 Å². The van der Waals surface area contributed by atoms with Crippen LogP contribution in [0.5, 0.6) is 0 Å². The smallest absolute Gasteiger partial charge is 0.248 e. The molecule has 1 aromatic carbocycles. The minimum Gasteiger partial charge on any atom is -0.461 e. The molecule has 1 N–H and O–H groups in total. The lowest BCUT2D eigenvalue weighted by atomic mass is 10.3. The maximum atomic E-state index is 11.8. The van der Waals surface area contributed by atoms with Crippen LogP contribution in [0.1, 0.15) is 0 Å². The normalized spacial score (nSPS) is 10.4. The number of nitrogens with zero attached hydrogens (tertiary/aromatic N) is 4. The predicted molar refractivity (Wildman–Crippen MR) is 70.6 cm³/mol. The summed E-state index contributed by atoms with van der Waals surface area (Å²) in [5.41, 5.74) is 0.726. The van der Waals surface area contributed by atoms with Crippen LogP contribution in [0.15, 0.2) is 53.1 Å². The molecule has 0 aliphatic rings. The second kappa shape index (κ2) is 5.35. The molecule has 1 amide bonds. The van der Waals surface area contributed by atoms with Gasteiger partial charge in [-0.25, -0.2) is 0 Å². The van der Waals surface area contributed by atoms with Gasteiger partial charge in [-0.15, -0.1) is 10.2 Å². The van der Waals surface area contributed by atoms with Gasteiger partial charge >= 0.3 is 0 Å². The van der Waals surface area contributed by atoms with Gasteiger partial charge in [0.2, 0.25) is 11.7 Å². The van der Waals surface area contributed by atoms with Gasteiger partial charge in [-0.2, -0.15) is 4.80 Å². The number of para-hydroxylation sites is 1. The third-order valence-electron chi connectivity index (χ3n) is 2.54. The second-order valence-corrected chi connectivity index (χ2v) is 4.03. The summed E-state index contributed by atoms with van der Waals surface area (Å²) in [7, 11) is 0. The van der Waals surface area contributed by atoms with Crippen molar-refractivity contribution in [1.29, 1.82) is 0 Å². The number of benzene rings is 1. The highest BCUT2D eigenvalue weighted by molar-refractivity contribution is 5.90. The van der Waals surface area contributed by atoms with Crippen molar-refractivity contribution in [3.8, 4) is 11.6 Å². The summed E-state index contributed by atoms with van der Waals surface area (Å²) in [6.45, 7) is -0.0113. The highest BCUT2D eigenvalue weighted by atomic mass is 16.3. The molecule has 20 heavy (non-hydrogen) atoms. The van der Waals surface area contributed by atoms with Crippen LogP contribution >= 0.6 is 0 Å². The molecule has 0 atom stereocenters. The fraction of sp³-hybridized carbons (Fsp3) is 0.0769. The SMILES string of the molecule is O=C(Cn1nnc(-c2ccco2)n1)Nc1ccccc1. The maximum Gasteiger partial charge on any atom is 0.248 e. The van der Waals surface area contributed by atoms with Crippen LogP contribution in [0.4, 0.5) is 5.69 Å². The maximum absolute atomic E-state index is 11.8. The Bertz CT molecular complexity index is 691. The number of amides is 1. The van der Waals surface area contributed by atoms with Gasteiger partial charge in [0.25, 0.3) is 0 Å². The van der Waals surface area contributed by atoms with E-state index in [9.17, 15) is 4.79 Å². The summed E-state index contributed by atoms with van der Waals surface area (Å²) < 4.78 is 5.15. The van der Waals surface area contributed by atoms with Crippen molar-refractivity contribution >= 4 is 11.6 Å². The van der Waals surface area contributed by atoms with Gasteiger partial charge in [-0.05, 0) is 29.5 Å². The zero-order valence-corrected chi connectivity index (χ0v) is 10.4. The molecule has 0 radical (unpaired) electrons. The molecule has 0 spiro atoms. The van der Waals surface area contributed by atoms with Gasteiger partial charge in [0.15, 0.2) is 5.76 Å². The number of aromatic nitrogens is 4. The van der Waals surface area contributed by atoms with Crippen LogP contribution in [0.25, 0.3) is 11.6 Å². The quantitative estimate of drug-likeness (QED) is 0.777. The summed E-state index contributed by atoms with van der Waals surface area (Å²) >= 11 is 0. The van der Waals surface area contributed by atoms with E-state index in [2.05, 4.69) is 20.7 Å². The number of hydrogen-bond acceptors (Lipinski definition) is 5. The van der Waals surface area contributed by atoms with Crippen molar-refractivity contribution < 1.29 is 9.21 Å². The van der Waals surface area contributed by atoms with Crippen LogP contribution in [0, 0.1) is 0 Å². The molecule has 7 heteroatoms. The lowest BCUT2D eigenvalue weighted by Crippen LogP contribution is -2.20. The fourth-order valence-corrected chi connectivity index (χ4v) is 1.67. The summed E-state index contributed by atoms with van der Waals surface area (Å²) in [6, 6.07) is 12.6. The zero-order valence-electron chi connectivity index (χ0n) is 10.4. The van der Waals surface area contributed by atoms with Gasteiger partial charge in [0.1, 0.15) is 6.54 Å². The number of tetrazole rings is 1. The first-order valence-electron chi connectivity index (χ1n) is 5.98. The second-order valence-electron chi connectivity index (χ2n) is 4.03. The van der Waals surface area contributed by atoms with Crippen molar-refractivity contribution in [2.24, 2.45) is 0 Å². The van der Waals surface area contributed by atoms with Gasteiger partial charge in [-0.1, -0.05) is 18.2 Å². The lowest BCUT2D eigenvalue weighted by molar-refractivity contribution is -0.117. The van der Waals surface area contributed by atoms with Gasteiger partial charge in [0, 0.05) is 5.69 Å². The number of nitrogens with one attached hydrogen (secondary N) is 1. The van der Waals surface area contributed by atoms with E-state index in [1.807, 2.05) is 18.2 Å². The summed E-state index contributed by atoms with van der Waals surface area (Å²) in [5, 5.41) is 14.5. The molecule has 0 aliphatic carbocycles. The molecule has 7 nitrogen and oxygen atoms in total. The monoisotopic (exact) mass is 269 g/mol. The molecule has 0 fully saturated rings. The average molecular weight is 269 g/mol. The molecular formula is C13H11N5O2. The van der Waals surface area contributed by atoms with Crippen LogP contribution in [-0.4, -0.2) is 26.1 Å². The molecule has 100 valence electrons. The minimum absolute atomic E-state index is 0.0113. The van der Waals surface area contributed by atoms with E-state index in [0.29, 0.717) is 11.6 Å². The van der Waals surface area contributed by atoms with Crippen molar-refractivity contribution in [1.82, 2.24) is 20.2 Å². The number of carbonyl (C=O) groups excluding carboxylic acids is 1. The number of carbonyl (C=O) groups is 1. The summed E-state index contributed by atoms with van der Waals surface area (Å²) in [6.07, 6.45) is 1.53. The average Bonchev–Trinajstić information content (AvgIpc) is 3.10. The van der Waals surface area contributed by atoms with E-state index in [1.165, 1.54) is 11.1 Å². The van der Waals surface area contributed by atoms with Crippen LogP contribution < -0.4 is 5.32 Å². The van der Waals surface area contributed by atoms with E-state index in [-0.39, 0.29) is 12.5 Å². The number of furan rings is 1. The summed E-state index contributed by atoms with van der Waals surface area (Å²) in [4.78, 5) is 13.0. The molecule has 0 aliphatic heterocycles. The molecule has 0 saturated heterocycles. The Labute approximate surface area is 114 Å². The Kier molecular flexibility index (Phi) is 3.24. The molecule has 2 heterocycles. The first kappa shape index (κ1) is 12.1. The number of anilines is 1. The third kappa shape index (κ3) is 2.72. The molecule has 2 aromatic heterocycles. The van der Waals surface area contributed by atoms with Gasteiger partial charge in [-0.3, -0.25) is 4.79 Å². The first-order valence-corrected chi connectivity index (χ1v) is 5.98. The number of rotatable bonds is 4. The summed E-state index contributed by atoms with van der Waals surface area (Å²) in [5.74, 6) is 0.641. The molecular weight excluding hydrogens is 258 g/mol. The molecule has 0 bridgehead atoms.